The fraction of sp³-hybridized carbons (Fsp3) is 0.167. The number of benzene rings is 2. The van der Waals surface area contributed by atoms with E-state index in [0.717, 1.165) is 5.56 Å². The second kappa shape index (κ2) is 8.47. The molecule has 0 bridgehead atoms. The molecule has 0 saturated heterocycles. The van der Waals surface area contributed by atoms with Crippen LogP contribution in [0, 0.1) is 0 Å². The van der Waals surface area contributed by atoms with Crippen LogP contribution >= 0.6 is 0 Å². The summed E-state index contributed by atoms with van der Waals surface area (Å²) in [7, 11) is 0. The van der Waals surface area contributed by atoms with Gasteiger partial charge in [-0.3, -0.25) is 9.59 Å². The third kappa shape index (κ3) is 5.57. The van der Waals surface area contributed by atoms with E-state index in [9.17, 15) is 14.4 Å². The normalized spacial score (nSPS) is 9.88. The van der Waals surface area contributed by atoms with Crippen molar-refractivity contribution in [3.05, 3.63) is 65.7 Å². The smallest absolute Gasteiger partial charge is 0.338 e. The van der Waals surface area contributed by atoms with Crippen molar-refractivity contribution in [2.45, 2.75) is 13.5 Å². The van der Waals surface area contributed by atoms with Crippen molar-refractivity contribution in [2.24, 2.45) is 0 Å². The molecule has 2 N–H and O–H groups in total. The van der Waals surface area contributed by atoms with E-state index in [1.807, 2.05) is 6.07 Å². The Balaban J connectivity index is 1.81. The molecule has 0 spiro atoms. The zero-order chi connectivity index (χ0) is 17.4. The number of anilines is 1. The molecule has 6 heteroatoms. The number of hydrogen-bond donors (Lipinski definition) is 2. The van der Waals surface area contributed by atoms with Gasteiger partial charge in [0, 0.05) is 19.2 Å². The summed E-state index contributed by atoms with van der Waals surface area (Å²) < 4.78 is 4.98. The van der Waals surface area contributed by atoms with Crippen molar-refractivity contribution >= 4 is 23.5 Å². The Hall–Kier alpha value is -3.15. The van der Waals surface area contributed by atoms with Crippen LogP contribution in [0.15, 0.2) is 54.6 Å². The van der Waals surface area contributed by atoms with Crippen molar-refractivity contribution in [3.63, 3.8) is 0 Å². The fourth-order valence-electron chi connectivity index (χ4n) is 1.92. The molecule has 6 nitrogen and oxygen atoms in total. The third-order valence-electron chi connectivity index (χ3n) is 3.12. The van der Waals surface area contributed by atoms with Crippen molar-refractivity contribution in [1.29, 1.82) is 0 Å². The Morgan fingerprint density at radius 1 is 0.958 bits per heavy atom. The standard InChI is InChI=1S/C18H18N2O4/c1-13(21)19-11-14-7-9-15(10-8-14)18(23)24-12-17(22)20-16-5-3-2-4-6-16/h2-10H,11-12H2,1H3,(H,19,21)(H,20,22). The number of esters is 1. The van der Waals surface area contributed by atoms with Crippen LogP contribution in [0.2, 0.25) is 0 Å². The molecule has 0 fully saturated rings. The summed E-state index contributed by atoms with van der Waals surface area (Å²) in [6, 6.07) is 15.5. The topological polar surface area (TPSA) is 84.5 Å². The number of ether oxygens (including phenoxy) is 1. The summed E-state index contributed by atoms with van der Waals surface area (Å²) in [6.07, 6.45) is 0. The molecular weight excluding hydrogens is 308 g/mol. The predicted molar refractivity (Wildman–Crippen MR) is 89.3 cm³/mol. The maximum atomic E-state index is 11.9. The monoisotopic (exact) mass is 326 g/mol. The van der Waals surface area contributed by atoms with Gasteiger partial charge in [-0.15, -0.1) is 0 Å². The number of nitrogens with one attached hydrogen (secondary N) is 2. The van der Waals surface area contributed by atoms with E-state index in [1.54, 1.807) is 48.5 Å². The van der Waals surface area contributed by atoms with Gasteiger partial charge in [0.2, 0.25) is 5.91 Å². The van der Waals surface area contributed by atoms with Gasteiger partial charge in [0.15, 0.2) is 6.61 Å². The SMILES string of the molecule is CC(=O)NCc1ccc(C(=O)OCC(=O)Nc2ccccc2)cc1. The van der Waals surface area contributed by atoms with Gasteiger partial charge in [0.05, 0.1) is 5.56 Å². The molecule has 2 aromatic carbocycles. The Morgan fingerprint density at radius 2 is 1.62 bits per heavy atom. The number of amides is 2. The van der Waals surface area contributed by atoms with Gasteiger partial charge in [-0.05, 0) is 29.8 Å². The molecule has 0 unspecified atom stereocenters. The number of carbonyl (C=O) groups is 3. The highest BCUT2D eigenvalue weighted by Gasteiger charge is 2.10. The molecule has 0 heterocycles. The highest BCUT2D eigenvalue weighted by atomic mass is 16.5. The first-order chi connectivity index (χ1) is 11.5. The van der Waals surface area contributed by atoms with E-state index in [1.165, 1.54) is 6.92 Å². The van der Waals surface area contributed by atoms with Crippen molar-refractivity contribution in [2.75, 3.05) is 11.9 Å². The molecule has 0 saturated carbocycles. The van der Waals surface area contributed by atoms with Gasteiger partial charge >= 0.3 is 5.97 Å². The van der Waals surface area contributed by atoms with Gasteiger partial charge in [-0.1, -0.05) is 30.3 Å². The Morgan fingerprint density at radius 3 is 2.25 bits per heavy atom. The van der Waals surface area contributed by atoms with Crippen molar-refractivity contribution in [3.8, 4) is 0 Å². The predicted octanol–water partition coefficient (Wildman–Crippen LogP) is 2.12. The van der Waals surface area contributed by atoms with Crippen LogP contribution in [0.25, 0.3) is 0 Å². The highest BCUT2D eigenvalue weighted by Crippen LogP contribution is 2.07. The molecule has 2 amide bonds. The average Bonchev–Trinajstić information content (AvgIpc) is 2.59. The molecule has 0 aliphatic carbocycles. The molecule has 0 aromatic heterocycles. The quantitative estimate of drug-likeness (QED) is 0.796. The molecule has 0 atom stereocenters. The van der Waals surface area contributed by atoms with Crippen LogP contribution in [0.5, 0.6) is 0 Å². The molecule has 2 rings (SSSR count). The van der Waals surface area contributed by atoms with Crippen LogP contribution in [-0.4, -0.2) is 24.4 Å². The van der Waals surface area contributed by atoms with Gasteiger partial charge in [0.25, 0.3) is 5.91 Å². The molecule has 0 aliphatic rings. The van der Waals surface area contributed by atoms with Crippen molar-refractivity contribution < 1.29 is 19.1 Å². The van der Waals surface area contributed by atoms with Crippen LogP contribution in [-0.2, 0) is 20.9 Å². The minimum Gasteiger partial charge on any atom is -0.452 e. The van der Waals surface area contributed by atoms with Gasteiger partial charge in [0.1, 0.15) is 0 Å². The maximum Gasteiger partial charge on any atom is 0.338 e. The van der Waals surface area contributed by atoms with E-state index in [0.29, 0.717) is 17.8 Å². The minimum atomic E-state index is -0.579. The lowest BCUT2D eigenvalue weighted by Gasteiger charge is -2.07. The zero-order valence-corrected chi connectivity index (χ0v) is 13.2. The van der Waals surface area contributed by atoms with Gasteiger partial charge in [-0.2, -0.15) is 0 Å². The largest absolute Gasteiger partial charge is 0.452 e. The molecular formula is C18H18N2O4. The van der Waals surface area contributed by atoms with Crippen LogP contribution in [0.1, 0.15) is 22.8 Å². The van der Waals surface area contributed by atoms with Gasteiger partial charge < -0.3 is 15.4 Å². The molecule has 0 aliphatic heterocycles. The summed E-state index contributed by atoms with van der Waals surface area (Å²) in [4.78, 5) is 34.5. The summed E-state index contributed by atoms with van der Waals surface area (Å²) in [5.74, 6) is -1.11. The lowest BCUT2D eigenvalue weighted by Crippen LogP contribution is -2.21. The van der Waals surface area contributed by atoms with Gasteiger partial charge in [-0.25, -0.2) is 4.79 Å². The molecule has 0 radical (unpaired) electrons. The van der Waals surface area contributed by atoms with E-state index in [2.05, 4.69) is 10.6 Å². The summed E-state index contributed by atoms with van der Waals surface area (Å²) >= 11 is 0. The number of hydrogen-bond acceptors (Lipinski definition) is 4. The number of rotatable bonds is 6. The average molecular weight is 326 g/mol. The van der Waals surface area contributed by atoms with Crippen molar-refractivity contribution in [1.82, 2.24) is 5.32 Å². The molecule has 124 valence electrons. The summed E-state index contributed by atoms with van der Waals surface area (Å²) in [5.41, 5.74) is 1.85. The third-order valence-corrected chi connectivity index (χ3v) is 3.12. The Bertz CT molecular complexity index is 712. The van der Waals surface area contributed by atoms with Crippen LogP contribution in [0.3, 0.4) is 0 Å². The van der Waals surface area contributed by atoms with E-state index >= 15 is 0 Å². The Kier molecular flexibility index (Phi) is 6.08. The second-order valence-corrected chi connectivity index (χ2v) is 5.10. The molecule has 24 heavy (non-hydrogen) atoms. The summed E-state index contributed by atoms with van der Waals surface area (Å²) in [6.45, 7) is 1.47. The van der Waals surface area contributed by atoms with E-state index in [4.69, 9.17) is 4.74 Å². The van der Waals surface area contributed by atoms with Crippen LogP contribution < -0.4 is 10.6 Å². The number of carbonyl (C=O) groups excluding carboxylic acids is 3. The zero-order valence-electron chi connectivity index (χ0n) is 13.2. The maximum absolute atomic E-state index is 11.9. The van der Waals surface area contributed by atoms with E-state index < -0.39 is 11.9 Å². The lowest BCUT2D eigenvalue weighted by molar-refractivity contribution is -0.119. The first kappa shape index (κ1) is 17.2. The van der Waals surface area contributed by atoms with E-state index in [-0.39, 0.29) is 12.5 Å². The number of para-hydroxylation sites is 1. The van der Waals surface area contributed by atoms with Crippen LogP contribution in [0.4, 0.5) is 5.69 Å². The fourth-order valence-corrected chi connectivity index (χ4v) is 1.92. The first-order valence-electron chi connectivity index (χ1n) is 7.40. The first-order valence-corrected chi connectivity index (χ1v) is 7.40. The second-order valence-electron chi connectivity index (χ2n) is 5.10. The molecule has 2 aromatic rings. The highest BCUT2D eigenvalue weighted by molar-refractivity contribution is 5.95. The summed E-state index contributed by atoms with van der Waals surface area (Å²) in [5, 5.41) is 5.29. The lowest BCUT2D eigenvalue weighted by atomic mass is 10.1. The minimum absolute atomic E-state index is 0.122. The Labute approximate surface area is 139 Å².